The Kier molecular flexibility index (Phi) is 6.49. The van der Waals surface area contributed by atoms with Crippen LogP contribution in [-0.2, 0) is 9.59 Å². The maximum atomic E-state index is 12.1. The summed E-state index contributed by atoms with van der Waals surface area (Å²) in [5, 5.41) is 28.5. The number of primary amides is 1. The van der Waals surface area contributed by atoms with Crippen molar-refractivity contribution in [1.29, 1.82) is 0 Å². The largest absolute Gasteiger partial charge is 0.504 e. The Hall–Kier alpha value is -2.44. The molecule has 1 aromatic carbocycles. The van der Waals surface area contributed by atoms with E-state index in [1.807, 2.05) is 0 Å². The number of carbonyl (C=O) groups is 2. The zero-order valence-corrected chi connectivity index (χ0v) is 12.6. The van der Waals surface area contributed by atoms with Gasteiger partial charge < -0.3 is 26.0 Å². The molecule has 0 saturated carbocycles. The van der Waals surface area contributed by atoms with Crippen LogP contribution in [0.25, 0.3) is 0 Å². The summed E-state index contributed by atoms with van der Waals surface area (Å²) in [5.41, 5.74) is 5.25. The molecule has 7 heteroatoms. The second-order valence-electron chi connectivity index (χ2n) is 5.08. The van der Waals surface area contributed by atoms with Gasteiger partial charge in [-0.25, -0.2) is 0 Å². The van der Waals surface area contributed by atoms with Crippen molar-refractivity contribution in [1.82, 2.24) is 0 Å². The zero-order chi connectivity index (χ0) is 16.7. The van der Waals surface area contributed by atoms with Gasteiger partial charge in [-0.3, -0.25) is 9.59 Å². The number of rotatable bonds is 8. The molecule has 0 spiro atoms. The number of hydrogen-bond acceptors (Lipinski definition) is 5. The third-order valence-corrected chi connectivity index (χ3v) is 3.23. The third-order valence-electron chi connectivity index (χ3n) is 3.23. The van der Waals surface area contributed by atoms with E-state index in [-0.39, 0.29) is 5.69 Å². The molecule has 7 nitrogen and oxygen atoms in total. The van der Waals surface area contributed by atoms with E-state index < -0.39 is 35.5 Å². The van der Waals surface area contributed by atoms with Gasteiger partial charge in [-0.1, -0.05) is 26.2 Å². The van der Waals surface area contributed by atoms with Crippen LogP contribution in [-0.4, -0.2) is 33.7 Å². The molecule has 0 atom stereocenters. The number of hydrogen-bond donors (Lipinski definition) is 4. The quantitative estimate of drug-likeness (QED) is 0.330. The van der Waals surface area contributed by atoms with E-state index in [9.17, 15) is 24.9 Å². The first-order valence-electron chi connectivity index (χ1n) is 7.20. The van der Waals surface area contributed by atoms with Crippen LogP contribution < -0.4 is 10.6 Å². The zero-order valence-electron chi connectivity index (χ0n) is 12.6. The number of benzene rings is 1. The van der Waals surface area contributed by atoms with Gasteiger partial charge in [0.1, 0.15) is 6.42 Å². The van der Waals surface area contributed by atoms with Gasteiger partial charge in [-0.15, -0.1) is 0 Å². The van der Waals surface area contributed by atoms with E-state index >= 15 is 0 Å². The smallest absolute Gasteiger partial charge is 0.236 e. The number of anilines is 1. The first-order valence-corrected chi connectivity index (χ1v) is 7.20. The molecule has 22 heavy (non-hydrogen) atoms. The summed E-state index contributed by atoms with van der Waals surface area (Å²) >= 11 is 0. The highest BCUT2D eigenvalue weighted by molar-refractivity contribution is 6.04. The van der Waals surface area contributed by atoms with Crippen molar-refractivity contribution < 1.29 is 24.9 Å². The molecule has 0 bridgehead atoms. The molecule has 0 unspecified atom stereocenters. The highest BCUT2D eigenvalue weighted by atomic mass is 16.3. The lowest BCUT2D eigenvalue weighted by Gasteiger charge is -2.23. The van der Waals surface area contributed by atoms with Gasteiger partial charge in [0.15, 0.2) is 17.2 Å². The average Bonchev–Trinajstić information content (AvgIpc) is 2.43. The summed E-state index contributed by atoms with van der Waals surface area (Å²) in [6, 6.07) is 2.32. The minimum Gasteiger partial charge on any atom is -0.504 e. The molecular formula is C15H22N2O5. The Morgan fingerprint density at radius 1 is 1.09 bits per heavy atom. The predicted octanol–water partition coefficient (Wildman–Crippen LogP) is 1.59. The number of aromatic hydroxyl groups is 3. The van der Waals surface area contributed by atoms with Gasteiger partial charge in [-0.05, 0) is 6.42 Å². The summed E-state index contributed by atoms with van der Waals surface area (Å²) in [6.07, 6.45) is 3.21. The van der Waals surface area contributed by atoms with Gasteiger partial charge in [0.2, 0.25) is 11.8 Å². The fourth-order valence-corrected chi connectivity index (χ4v) is 2.08. The molecule has 0 saturated heterocycles. The second kappa shape index (κ2) is 8.11. The Balaban J connectivity index is 2.97. The van der Waals surface area contributed by atoms with Crippen molar-refractivity contribution in [2.45, 2.75) is 39.0 Å². The molecule has 0 aliphatic heterocycles. The molecule has 1 aromatic rings. The highest BCUT2D eigenvalue weighted by Gasteiger charge is 2.20. The number of carbonyl (C=O) groups excluding carboxylic acids is 2. The molecule has 0 radical (unpaired) electrons. The Morgan fingerprint density at radius 2 is 1.68 bits per heavy atom. The van der Waals surface area contributed by atoms with E-state index in [1.54, 1.807) is 0 Å². The van der Waals surface area contributed by atoms with E-state index in [0.717, 1.165) is 31.4 Å². The van der Waals surface area contributed by atoms with E-state index in [4.69, 9.17) is 5.73 Å². The molecule has 1 rings (SSSR count). The third kappa shape index (κ3) is 4.83. The summed E-state index contributed by atoms with van der Waals surface area (Å²) in [5.74, 6) is -3.01. The van der Waals surface area contributed by atoms with Gasteiger partial charge in [0.25, 0.3) is 0 Å². The summed E-state index contributed by atoms with van der Waals surface area (Å²) < 4.78 is 0. The maximum Gasteiger partial charge on any atom is 0.236 e. The first kappa shape index (κ1) is 17.6. The highest BCUT2D eigenvalue weighted by Crippen LogP contribution is 2.38. The van der Waals surface area contributed by atoms with Crippen molar-refractivity contribution >= 4 is 17.5 Å². The number of amides is 2. The number of nitrogens with zero attached hydrogens (tertiary/aromatic N) is 1. The fraction of sp³-hybridized carbons (Fsp3) is 0.467. The topological polar surface area (TPSA) is 124 Å². The molecular weight excluding hydrogens is 288 g/mol. The number of unbranched alkanes of at least 4 members (excludes halogenated alkanes) is 3. The molecule has 122 valence electrons. The van der Waals surface area contributed by atoms with Gasteiger partial charge in [0, 0.05) is 18.7 Å². The molecule has 2 amide bonds. The van der Waals surface area contributed by atoms with Crippen LogP contribution in [0, 0.1) is 0 Å². The van der Waals surface area contributed by atoms with E-state index in [1.165, 1.54) is 4.90 Å². The normalized spacial score (nSPS) is 10.4. The van der Waals surface area contributed by atoms with Crippen molar-refractivity contribution in [2.75, 3.05) is 11.4 Å². The average molecular weight is 310 g/mol. The predicted molar refractivity (Wildman–Crippen MR) is 81.7 cm³/mol. The van der Waals surface area contributed by atoms with Crippen LogP contribution in [0.15, 0.2) is 12.1 Å². The van der Waals surface area contributed by atoms with Crippen LogP contribution in [0.5, 0.6) is 17.2 Å². The van der Waals surface area contributed by atoms with E-state index in [0.29, 0.717) is 13.0 Å². The number of nitrogens with two attached hydrogens (primary N) is 1. The first-order chi connectivity index (χ1) is 10.4. The summed E-state index contributed by atoms with van der Waals surface area (Å²) in [4.78, 5) is 24.3. The van der Waals surface area contributed by atoms with Crippen molar-refractivity contribution in [3.63, 3.8) is 0 Å². The maximum absolute atomic E-state index is 12.1. The monoisotopic (exact) mass is 310 g/mol. The minimum atomic E-state index is -0.754. The summed E-state index contributed by atoms with van der Waals surface area (Å²) in [7, 11) is 0. The Morgan fingerprint density at radius 3 is 2.18 bits per heavy atom. The number of phenolic OH excluding ortho intramolecular Hbond substituents is 3. The van der Waals surface area contributed by atoms with Crippen LogP contribution >= 0.6 is 0 Å². The van der Waals surface area contributed by atoms with Gasteiger partial charge >= 0.3 is 0 Å². The number of phenols is 3. The van der Waals surface area contributed by atoms with Crippen molar-refractivity contribution in [3.8, 4) is 17.2 Å². The second-order valence-corrected chi connectivity index (χ2v) is 5.08. The minimum absolute atomic E-state index is 0.204. The molecule has 0 heterocycles. The van der Waals surface area contributed by atoms with Crippen LogP contribution in [0.2, 0.25) is 0 Å². The van der Waals surface area contributed by atoms with Gasteiger partial charge in [-0.2, -0.15) is 0 Å². The molecule has 0 aromatic heterocycles. The lowest BCUT2D eigenvalue weighted by Crippen LogP contribution is -2.34. The Labute approximate surface area is 129 Å². The van der Waals surface area contributed by atoms with E-state index in [2.05, 4.69) is 6.92 Å². The Bertz CT molecular complexity index is 522. The van der Waals surface area contributed by atoms with Crippen molar-refractivity contribution in [3.05, 3.63) is 12.1 Å². The van der Waals surface area contributed by atoms with Crippen molar-refractivity contribution in [2.24, 2.45) is 5.73 Å². The summed E-state index contributed by atoms with van der Waals surface area (Å²) in [6.45, 7) is 2.39. The SMILES string of the molecule is CCCCCCN(C(=O)CC(N)=O)c1cc(O)c(O)c(O)c1. The standard InChI is InChI=1S/C15H22N2O5/c1-2-3-4-5-6-17(14(21)9-13(16)20)10-7-11(18)15(22)12(19)8-10/h7-8,18-19,22H,2-6,9H2,1H3,(H2,16,20). The molecule has 0 fully saturated rings. The fourth-order valence-electron chi connectivity index (χ4n) is 2.08. The molecule has 0 aliphatic rings. The van der Waals surface area contributed by atoms with Crippen LogP contribution in [0.1, 0.15) is 39.0 Å². The van der Waals surface area contributed by atoms with Gasteiger partial charge in [0.05, 0.1) is 5.69 Å². The van der Waals surface area contributed by atoms with Crippen LogP contribution in [0.4, 0.5) is 5.69 Å². The molecule has 0 aliphatic carbocycles. The lowest BCUT2D eigenvalue weighted by atomic mass is 10.1. The lowest BCUT2D eigenvalue weighted by molar-refractivity contribution is -0.126. The van der Waals surface area contributed by atoms with Crippen LogP contribution in [0.3, 0.4) is 0 Å². The molecule has 5 N–H and O–H groups in total.